The summed E-state index contributed by atoms with van der Waals surface area (Å²) >= 11 is 0. The highest BCUT2D eigenvalue weighted by molar-refractivity contribution is 6.04. The lowest BCUT2D eigenvalue weighted by molar-refractivity contribution is -0.115. The van der Waals surface area contributed by atoms with E-state index in [1.165, 1.54) is 0 Å². The van der Waals surface area contributed by atoms with Gasteiger partial charge in [0, 0.05) is 29.3 Å². The molecule has 2 heterocycles. The first kappa shape index (κ1) is 20.2. The number of nitrogens with zero attached hydrogens (tertiary/aromatic N) is 2. The van der Waals surface area contributed by atoms with Gasteiger partial charge >= 0.3 is 0 Å². The molecule has 156 valence electrons. The van der Waals surface area contributed by atoms with E-state index < -0.39 is 0 Å². The summed E-state index contributed by atoms with van der Waals surface area (Å²) in [7, 11) is 1.59. The standard InChI is InChI=1S/C24H22N4O3/c1-16-4-3-13-28-15-20(26-23(16)28)14-22(29)25-18-7-5-17(6-8-18)24(30)27-19-9-11-21(31-2)12-10-19/h3-13,15H,14H2,1-2H3,(H,25,29)(H,27,30). The fraction of sp³-hybridized carbons (Fsp3) is 0.125. The van der Waals surface area contributed by atoms with Gasteiger partial charge in [0.15, 0.2) is 0 Å². The smallest absolute Gasteiger partial charge is 0.255 e. The Morgan fingerprint density at radius 3 is 2.32 bits per heavy atom. The molecular weight excluding hydrogens is 392 g/mol. The number of nitrogens with one attached hydrogen (secondary N) is 2. The van der Waals surface area contributed by atoms with Crippen LogP contribution < -0.4 is 15.4 Å². The Bertz CT molecular complexity index is 1230. The average molecular weight is 414 g/mol. The highest BCUT2D eigenvalue weighted by Crippen LogP contribution is 2.17. The van der Waals surface area contributed by atoms with Gasteiger partial charge in [-0.1, -0.05) is 6.07 Å². The third-order valence-corrected chi connectivity index (χ3v) is 4.85. The molecule has 2 aromatic heterocycles. The Morgan fingerprint density at radius 2 is 1.65 bits per heavy atom. The van der Waals surface area contributed by atoms with Gasteiger partial charge in [-0.05, 0) is 67.1 Å². The summed E-state index contributed by atoms with van der Waals surface area (Å²) in [5, 5.41) is 5.67. The number of amides is 2. The summed E-state index contributed by atoms with van der Waals surface area (Å²) in [5.41, 5.74) is 4.37. The number of benzene rings is 2. The predicted octanol–water partition coefficient (Wildman–Crippen LogP) is 4.08. The van der Waals surface area contributed by atoms with E-state index in [0.29, 0.717) is 22.6 Å². The summed E-state index contributed by atoms with van der Waals surface area (Å²) in [6.07, 6.45) is 3.93. The predicted molar refractivity (Wildman–Crippen MR) is 120 cm³/mol. The Hall–Kier alpha value is -4.13. The highest BCUT2D eigenvalue weighted by Gasteiger charge is 2.11. The van der Waals surface area contributed by atoms with E-state index in [1.807, 2.05) is 35.9 Å². The van der Waals surface area contributed by atoms with Crippen LogP contribution in [-0.2, 0) is 11.2 Å². The van der Waals surface area contributed by atoms with E-state index in [0.717, 1.165) is 17.0 Å². The number of aromatic nitrogens is 2. The third kappa shape index (κ3) is 4.72. The second-order valence-corrected chi connectivity index (χ2v) is 7.14. The Kier molecular flexibility index (Phi) is 5.66. The first-order valence-electron chi connectivity index (χ1n) is 9.80. The van der Waals surface area contributed by atoms with Crippen LogP contribution in [-0.4, -0.2) is 28.3 Å². The van der Waals surface area contributed by atoms with Crippen molar-refractivity contribution in [3.63, 3.8) is 0 Å². The van der Waals surface area contributed by atoms with Gasteiger partial charge in [0.2, 0.25) is 5.91 Å². The van der Waals surface area contributed by atoms with Gasteiger partial charge in [-0.15, -0.1) is 0 Å². The lowest BCUT2D eigenvalue weighted by Crippen LogP contribution is -2.15. The molecule has 0 fully saturated rings. The number of rotatable bonds is 6. The summed E-state index contributed by atoms with van der Waals surface area (Å²) in [6.45, 7) is 1.98. The molecule has 0 bridgehead atoms. The molecule has 0 saturated heterocycles. The molecule has 31 heavy (non-hydrogen) atoms. The maximum absolute atomic E-state index is 12.4. The number of carbonyl (C=O) groups is 2. The van der Waals surface area contributed by atoms with Gasteiger partial charge in [0.25, 0.3) is 5.91 Å². The van der Waals surface area contributed by atoms with Crippen molar-refractivity contribution in [2.75, 3.05) is 17.7 Å². The molecule has 0 aliphatic heterocycles. The average Bonchev–Trinajstić information content (AvgIpc) is 3.18. The van der Waals surface area contributed by atoms with Crippen molar-refractivity contribution in [3.05, 3.63) is 89.9 Å². The molecule has 4 aromatic rings. The summed E-state index contributed by atoms with van der Waals surface area (Å²) in [5.74, 6) is 0.316. The van der Waals surface area contributed by atoms with E-state index in [1.54, 1.807) is 55.6 Å². The minimum Gasteiger partial charge on any atom is -0.497 e. The Balaban J connectivity index is 1.36. The Labute approximate surface area is 179 Å². The molecule has 0 unspecified atom stereocenters. The highest BCUT2D eigenvalue weighted by atomic mass is 16.5. The first-order chi connectivity index (χ1) is 15.0. The second-order valence-electron chi connectivity index (χ2n) is 7.14. The molecule has 0 spiro atoms. The minimum atomic E-state index is -0.233. The fourth-order valence-electron chi connectivity index (χ4n) is 3.24. The molecule has 0 radical (unpaired) electrons. The molecule has 0 aliphatic rings. The van der Waals surface area contributed by atoms with Crippen molar-refractivity contribution in [2.45, 2.75) is 13.3 Å². The van der Waals surface area contributed by atoms with Crippen LogP contribution in [0.25, 0.3) is 5.65 Å². The van der Waals surface area contributed by atoms with Crippen molar-refractivity contribution < 1.29 is 14.3 Å². The number of methoxy groups -OCH3 is 1. The molecule has 2 aromatic carbocycles. The minimum absolute atomic E-state index is 0.167. The zero-order valence-electron chi connectivity index (χ0n) is 17.3. The van der Waals surface area contributed by atoms with Crippen LogP contribution in [0.1, 0.15) is 21.6 Å². The number of carbonyl (C=O) groups excluding carboxylic acids is 2. The lowest BCUT2D eigenvalue weighted by atomic mass is 10.2. The number of fused-ring (bicyclic) bond motifs is 1. The summed E-state index contributed by atoms with van der Waals surface area (Å²) in [4.78, 5) is 29.3. The van der Waals surface area contributed by atoms with E-state index >= 15 is 0 Å². The number of imidazole rings is 1. The molecule has 4 rings (SSSR count). The quantitative estimate of drug-likeness (QED) is 0.498. The van der Waals surface area contributed by atoms with Crippen molar-refractivity contribution in [3.8, 4) is 5.75 Å². The van der Waals surface area contributed by atoms with E-state index in [2.05, 4.69) is 15.6 Å². The van der Waals surface area contributed by atoms with Crippen LogP contribution in [0.15, 0.2) is 73.1 Å². The van der Waals surface area contributed by atoms with Crippen LogP contribution in [0.5, 0.6) is 5.75 Å². The fourth-order valence-corrected chi connectivity index (χ4v) is 3.24. The normalized spacial score (nSPS) is 10.6. The maximum Gasteiger partial charge on any atom is 0.255 e. The number of pyridine rings is 1. The largest absolute Gasteiger partial charge is 0.497 e. The molecule has 2 amide bonds. The first-order valence-corrected chi connectivity index (χ1v) is 9.80. The molecule has 7 heteroatoms. The lowest BCUT2D eigenvalue weighted by Gasteiger charge is -2.08. The van der Waals surface area contributed by atoms with Gasteiger partial charge in [-0.25, -0.2) is 4.98 Å². The van der Waals surface area contributed by atoms with E-state index in [4.69, 9.17) is 4.74 Å². The Morgan fingerprint density at radius 1 is 0.968 bits per heavy atom. The van der Waals surface area contributed by atoms with Crippen LogP contribution in [0.4, 0.5) is 11.4 Å². The van der Waals surface area contributed by atoms with Gasteiger partial charge < -0.3 is 19.8 Å². The van der Waals surface area contributed by atoms with Crippen molar-refractivity contribution in [1.82, 2.24) is 9.38 Å². The number of aryl methyl sites for hydroxylation is 1. The molecule has 0 atom stereocenters. The van der Waals surface area contributed by atoms with Crippen molar-refractivity contribution in [2.24, 2.45) is 0 Å². The molecule has 2 N–H and O–H groups in total. The van der Waals surface area contributed by atoms with Gasteiger partial charge in [0.1, 0.15) is 11.4 Å². The molecular formula is C24H22N4O3. The summed E-state index contributed by atoms with van der Waals surface area (Å²) < 4.78 is 7.02. The van der Waals surface area contributed by atoms with Gasteiger partial charge in [-0.3, -0.25) is 9.59 Å². The molecule has 0 aliphatic carbocycles. The number of hydrogen-bond donors (Lipinski definition) is 2. The third-order valence-electron chi connectivity index (χ3n) is 4.85. The van der Waals surface area contributed by atoms with E-state index in [-0.39, 0.29) is 18.2 Å². The zero-order chi connectivity index (χ0) is 21.8. The zero-order valence-corrected chi connectivity index (χ0v) is 17.3. The van der Waals surface area contributed by atoms with Crippen LogP contribution in [0.2, 0.25) is 0 Å². The topological polar surface area (TPSA) is 84.7 Å². The van der Waals surface area contributed by atoms with Gasteiger partial charge in [-0.2, -0.15) is 0 Å². The van der Waals surface area contributed by atoms with Crippen molar-refractivity contribution in [1.29, 1.82) is 0 Å². The van der Waals surface area contributed by atoms with Crippen LogP contribution >= 0.6 is 0 Å². The van der Waals surface area contributed by atoms with Crippen LogP contribution in [0.3, 0.4) is 0 Å². The maximum atomic E-state index is 12.4. The number of anilines is 2. The monoisotopic (exact) mass is 414 g/mol. The molecule has 0 saturated carbocycles. The second kappa shape index (κ2) is 8.71. The number of hydrogen-bond acceptors (Lipinski definition) is 4. The molecule has 7 nitrogen and oxygen atoms in total. The summed E-state index contributed by atoms with van der Waals surface area (Å²) in [6, 6.07) is 17.8. The SMILES string of the molecule is COc1ccc(NC(=O)c2ccc(NC(=O)Cc3cn4cccc(C)c4n3)cc2)cc1. The van der Waals surface area contributed by atoms with Gasteiger partial charge in [0.05, 0.1) is 19.2 Å². The number of ether oxygens (including phenoxy) is 1. The van der Waals surface area contributed by atoms with Crippen LogP contribution in [0, 0.1) is 6.92 Å². The van der Waals surface area contributed by atoms with E-state index in [9.17, 15) is 9.59 Å². The van der Waals surface area contributed by atoms with Crippen molar-refractivity contribution >= 4 is 28.8 Å².